The van der Waals surface area contributed by atoms with Gasteiger partial charge >= 0.3 is 0 Å². The van der Waals surface area contributed by atoms with Crippen LogP contribution in [0.25, 0.3) is 0 Å². The van der Waals surface area contributed by atoms with Crippen molar-refractivity contribution in [2.75, 3.05) is 25.5 Å². The van der Waals surface area contributed by atoms with E-state index >= 15 is 0 Å². The van der Waals surface area contributed by atoms with Crippen molar-refractivity contribution >= 4 is 22.6 Å². The first kappa shape index (κ1) is 18.7. The zero-order chi connectivity index (χ0) is 16.8. The minimum absolute atomic E-state index is 0.188. The van der Waals surface area contributed by atoms with Crippen LogP contribution in [0, 0.1) is 11.6 Å². The Morgan fingerprint density at radius 3 is 2.64 bits per heavy atom. The van der Waals surface area contributed by atoms with Crippen LogP contribution in [0.4, 0.5) is 14.5 Å². The smallest absolute Gasteiger partial charge is 0.162 e. The van der Waals surface area contributed by atoms with E-state index in [2.05, 4.69) is 4.99 Å². The van der Waals surface area contributed by atoms with Crippen LogP contribution >= 0.6 is 11.8 Å². The molecule has 1 aromatic rings. The second-order valence-corrected chi connectivity index (χ2v) is 6.76. The zero-order valence-corrected chi connectivity index (χ0v) is 14.0. The number of thioether (sulfide) groups is 1. The number of rotatable bonds is 7. The Bertz CT molecular complexity index is 540. The van der Waals surface area contributed by atoms with Gasteiger partial charge in [0.2, 0.25) is 0 Å². The maximum absolute atomic E-state index is 14.0. The average molecular weight is 331 g/mol. The number of hydrogen-bond acceptors (Lipinski definition) is 4. The molecule has 0 unspecified atom stereocenters. The minimum atomic E-state index is -0.950. The Balaban J connectivity index is 3.05. The first-order valence-corrected chi connectivity index (χ1v) is 7.93. The van der Waals surface area contributed by atoms with E-state index in [1.54, 1.807) is 0 Å². The van der Waals surface area contributed by atoms with Gasteiger partial charge in [0.1, 0.15) is 0 Å². The van der Waals surface area contributed by atoms with Crippen LogP contribution in [-0.4, -0.2) is 29.7 Å². The summed E-state index contributed by atoms with van der Waals surface area (Å²) in [6.07, 6.45) is 0.228. The largest absolute Gasteiger partial charge is 0.399 e. The number of anilines is 1. The summed E-state index contributed by atoms with van der Waals surface area (Å²) in [6, 6.07) is 2.41. The first-order chi connectivity index (χ1) is 10.3. The fraction of sp³-hybridized carbons (Fsp3) is 0.533. The summed E-state index contributed by atoms with van der Waals surface area (Å²) >= 11 is 1.30. The zero-order valence-electron chi connectivity index (χ0n) is 13.2. The molecule has 0 bridgehead atoms. The predicted molar refractivity (Wildman–Crippen MR) is 89.1 cm³/mol. The summed E-state index contributed by atoms with van der Waals surface area (Å²) < 4.78 is 32.4. The monoisotopic (exact) mass is 331 g/mol. The molecule has 124 valence electrons. The number of ether oxygens (including phenoxy) is 1. The van der Waals surface area contributed by atoms with Crippen molar-refractivity contribution in [3.8, 4) is 0 Å². The molecule has 1 atom stereocenters. The maximum atomic E-state index is 14.0. The van der Waals surface area contributed by atoms with Crippen LogP contribution < -0.4 is 11.5 Å². The van der Waals surface area contributed by atoms with Gasteiger partial charge in [0.15, 0.2) is 16.8 Å². The number of nitrogen functional groups attached to an aromatic ring is 1. The van der Waals surface area contributed by atoms with Crippen LogP contribution in [0.3, 0.4) is 0 Å². The second-order valence-electron chi connectivity index (χ2n) is 5.15. The molecular weight excluding hydrogens is 308 g/mol. The van der Waals surface area contributed by atoms with E-state index in [1.165, 1.54) is 17.8 Å². The van der Waals surface area contributed by atoms with Gasteiger partial charge in [0.25, 0.3) is 0 Å². The molecule has 4 nitrogen and oxygen atoms in total. The van der Waals surface area contributed by atoms with Gasteiger partial charge in [-0.05, 0) is 44.9 Å². The van der Waals surface area contributed by atoms with E-state index in [1.807, 2.05) is 20.8 Å². The van der Waals surface area contributed by atoms with Gasteiger partial charge in [0, 0.05) is 23.6 Å². The summed E-state index contributed by atoms with van der Waals surface area (Å²) in [4.78, 5) is 4.13. The molecule has 7 heteroatoms. The molecule has 0 heterocycles. The van der Waals surface area contributed by atoms with Crippen molar-refractivity contribution in [1.29, 1.82) is 0 Å². The Labute approximate surface area is 134 Å². The van der Waals surface area contributed by atoms with E-state index < -0.39 is 16.4 Å². The summed E-state index contributed by atoms with van der Waals surface area (Å²) in [5.41, 5.74) is 11.9. The number of nitrogens with two attached hydrogens (primary N) is 2. The molecule has 0 saturated heterocycles. The second kappa shape index (κ2) is 8.33. The third-order valence-electron chi connectivity index (χ3n) is 2.97. The Morgan fingerprint density at radius 1 is 1.36 bits per heavy atom. The molecule has 1 aromatic carbocycles. The highest BCUT2D eigenvalue weighted by Gasteiger charge is 2.29. The van der Waals surface area contributed by atoms with Gasteiger partial charge in [-0.1, -0.05) is 11.8 Å². The lowest BCUT2D eigenvalue weighted by Gasteiger charge is -2.28. The van der Waals surface area contributed by atoms with Crippen LogP contribution in [0.5, 0.6) is 0 Å². The minimum Gasteiger partial charge on any atom is -0.399 e. The number of halogens is 2. The lowest BCUT2D eigenvalue weighted by molar-refractivity contribution is 0.127. The maximum Gasteiger partial charge on any atom is 0.162 e. The molecule has 0 amide bonds. The standard InChI is InChI=1S/C15H23F2N3OS/c1-4-20-14(19)22-15(3,9-21-5-2)8-10-6-11(18)7-12(16)13(10)17/h6-7H,4-5,8-9,18H2,1-3H3,(H2,19,20)/t15-/m1/s1. The molecule has 4 N–H and O–H groups in total. The quantitative estimate of drug-likeness (QED) is 0.458. The summed E-state index contributed by atoms with van der Waals surface area (Å²) in [5.74, 6) is -1.84. The van der Waals surface area contributed by atoms with Gasteiger partial charge in [-0.25, -0.2) is 8.78 Å². The number of amidine groups is 1. The van der Waals surface area contributed by atoms with E-state index in [9.17, 15) is 8.78 Å². The van der Waals surface area contributed by atoms with Crippen LogP contribution in [0.2, 0.25) is 0 Å². The van der Waals surface area contributed by atoms with Crippen molar-refractivity contribution in [2.45, 2.75) is 31.9 Å². The van der Waals surface area contributed by atoms with Gasteiger partial charge in [0.05, 0.1) is 6.61 Å². The normalized spacial score (nSPS) is 14.9. The first-order valence-electron chi connectivity index (χ1n) is 7.11. The molecule has 0 aliphatic carbocycles. The highest BCUT2D eigenvalue weighted by atomic mass is 32.2. The number of aliphatic imine (C=N–C) groups is 1. The molecule has 0 aliphatic rings. The van der Waals surface area contributed by atoms with Crippen LogP contribution in [0.15, 0.2) is 17.1 Å². The molecule has 0 saturated carbocycles. The fourth-order valence-electron chi connectivity index (χ4n) is 2.08. The summed E-state index contributed by atoms with van der Waals surface area (Å²) in [6.45, 7) is 7.05. The number of hydrogen-bond donors (Lipinski definition) is 2. The molecular formula is C15H23F2N3OS. The Morgan fingerprint density at radius 2 is 2.05 bits per heavy atom. The lowest BCUT2D eigenvalue weighted by atomic mass is 9.99. The molecule has 0 fully saturated rings. The van der Waals surface area contributed by atoms with E-state index in [0.29, 0.717) is 24.9 Å². The molecule has 22 heavy (non-hydrogen) atoms. The van der Waals surface area contributed by atoms with Crippen molar-refractivity contribution in [3.63, 3.8) is 0 Å². The van der Waals surface area contributed by atoms with Gasteiger partial charge in [-0.3, -0.25) is 4.99 Å². The Hall–Kier alpha value is -1.34. The molecule has 0 aliphatic heterocycles. The predicted octanol–water partition coefficient (Wildman–Crippen LogP) is 2.95. The van der Waals surface area contributed by atoms with Crippen molar-refractivity contribution in [2.24, 2.45) is 10.7 Å². The Kier molecular flexibility index (Phi) is 7.09. The third-order valence-corrected chi connectivity index (χ3v) is 4.06. The van der Waals surface area contributed by atoms with E-state index in [4.69, 9.17) is 16.2 Å². The molecule has 1 rings (SSSR count). The van der Waals surface area contributed by atoms with Crippen molar-refractivity contribution in [3.05, 3.63) is 29.3 Å². The van der Waals surface area contributed by atoms with Gasteiger partial charge in [-0.15, -0.1) is 0 Å². The molecule has 0 spiro atoms. The number of benzene rings is 1. The highest BCUT2D eigenvalue weighted by Crippen LogP contribution is 2.32. The highest BCUT2D eigenvalue weighted by molar-refractivity contribution is 8.15. The summed E-state index contributed by atoms with van der Waals surface area (Å²) in [5, 5.41) is 0.398. The van der Waals surface area contributed by atoms with E-state index in [0.717, 1.165) is 6.07 Å². The van der Waals surface area contributed by atoms with Crippen LogP contribution in [-0.2, 0) is 11.2 Å². The third kappa shape index (κ3) is 5.46. The average Bonchev–Trinajstić information content (AvgIpc) is 2.42. The topological polar surface area (TPSA) is 73.6 Å². The van der Waals surface area contributed by atoms with Crippen molar-refractivity contribution in [1.82, 2.24) is 0 Å². The fourth-order valence-corrected chi connectivity index (χ4v) is 3.14. The van der Waals surface area contributed by atoms with Crippen LogP contribution in [0.1, 0.15) is 26.3 Å². The van der Waals surface area contributed by atoms with Gasteiger partial charge in [-0.2, -0.15) is 0 Å². The lowest BCUT2D eigenvalue weighted by Crippen LogP contribution is -2.34. The van der Waals surface area contributed by atoms with E-state index in [-0.39, 0.29) is 17.7 Å². The molecule has 0 radical (unpaired) electrons. The summed E-state index contributed by atoms with van der Waals surface area (Å²) in [7, 11) is 0. The van der Waals surface area contributed by atoms with Gasteiger partial charge < -0.3 is 16.2 Å². The van der Waals surface area contributed by atoms with Crippen molar-refractivity contribution < 1.29 is 13.5 Å². The SMILES string of the molecule is CC/N=C(/N)S[C@@](C)(COCC)Cc1cc(N)cc(F)c1F. The number of nitrogens with zero attached hydrogens (tertiary/aromatic N) is 1. The molecule has 0 aromatic heterocycles.